The Hall–Kier alpha value is -1.68. The van der Waals surface area contributed by atoms with Crippen LogP contribution in [0.25, 0.3) is 0 Å². The van der Waals surface area contributed by atoms with Gasteiger partial charge < -0.3 is 10.6 Å². The lowest BCUT2D eigenvalue weighted by Crippen LogP contribution is -2.42. The third-order valence-corrected chi connectivity index (χ3v) is 6.61. The van der Waals surface area contributed by atoms with E-state index in [0.29, 0.717) is 17.4 Å². The van der Waals surface area contributed by atoms with Gasteiger partial charge in [0.1, 0.15) is 5.82 Å². The first-order valence-corrected chi connectivity index (χ1v) is 10.6. The van der Waals surface area contributed by atoms with E-state index in [0.717, 1.165) is 18.4 Å². The van der Waals surface area contributed by atoms with Gasteiger partial charge >= 0.3 is 0 Å². The first-order chi connectivity index (χ1) is 13.0. The Bertz CT molecular complexity index is 916. The quantitative estimate of drug-likeness (QED) is 0.337. The van der Waals surface area contributed by atoms with Crippen LogP contribution in [0.1, 0.15) is 18.4 Å². The lowest BCUT2D eigenvalue weighted by Gasteiger charge is -2.19. The molecule has 0 saturated heterocycles. The molecule has 0 atom stereocenters. The number of halogens is 2. The van der Waals surface area contributed by atoms with Crippen molar-refractivity contribution >= 4 is 39.8 Å². The summed E-state index contributed by atoms with van der Waals surface area (Å²) in [6.45, 7) is 0.794. The largest absolute Gasteiger partial charge is 0.356 e. The van der Waals surface area contributed by atoms with Gasteiger partial charge in [-0.25, -0.2) is 12.8 Å². The summed E-state index contributed by atoms with van der Waals surface area (Å²) in [4.78, 5) is 4.44. The summed E-state index contributed by atoms with van der Waals surface area (Å²) in [5.74, 6) is 0.297. The van der Waals surface area contributed by atoms with Gasteiger partial charge in [-0.3, -0.25) is 4.99 Å². The summed E-state index contributed by atoms with van der Waals surface area (Å²) in [5, 5.41) is 6.23. The number of sulfone groups is 1. The van der Waals surface area contributed by atoms with E-state index in [1.165, 1.54) is 6.07 Å². The lowest BCUT2D eigenvalue weighted by molar-refractivity contribution is 0.559. The summed E-state index contributed by atoms with van der Waals surface area (Å²) in [6, 6.07) is 15.2. The van der Waals surface area contributed by atoms with Crippen LogP contribution in [0, 0.1) is 5.82 Å². The van der Waals surface area contributed by atoms with Crippen LogP contribution in [-0.2, 0) is 15.3 Å². The molecule has 1 aliphatic rings. The van der Waals surface area contributed by atoms with Crippen LogP contribution in [0.4, 0.5) is 4.39 Å². The summed E-state index contributed by atoms with van der Waals surface area (Å²) < 4.78 is 38.7. The number of rotatable bonds is 7. The molecule has 3 rings (SSSR count). The lowest BCUT2D eigenvalue weighted by atomic mass is 9.95. The molecule has 8 heteroatoms. The molecule has 0 aliphatic heterocycles. The fraction of sp³-hybridized carbons (Fsp3) is 0.350. The van der Waals surface area contributed by atoms with E-state index in [2.05, 4.69) is 15.6 Å². The zero-order valence-corrected chi connectivity index (χ0v) is 18.8. The van der Waals surface area contributed by atoms with Crippen molar-refractivity contribution in [3.05, 3.63) is 66.0 Å². The number of nitrogens with zero attached hydrogens (tertiary/aromatic N) is 1. The van der Waals surface area contributed by atoms with E-state index in [9.17, 15) is 12.8 Å². The van der Waals surface area contributed by atoms with Gasteiger partial charge in [-0.1, -0.05) is 36.4 Å². The van der Waals surface area contributed by atoms with Crippen molar-refractivity contribution in [2.24, 2.45) is 4.99 Å². The molecule has 0 spiro atoms. The van der Waals surface area contributed by atoms with Crippen molar-refractivity contribution in [1.82, 2.24) is 10.6 Å². The molecule has 1 fully saturated rings. The molecule has 1 saturated carbocycles. The monoisotopic (exact) mass is 517 g/mol. The topological polar surface area (TPSA) is 70.6 Å². The van der Waals surface area contributed by atoms with E-state index in [1.54, 1.807) is 43.4 Å². The maximum atomic E-state index is 14.1. The summed E-state index contributed by atoms with van der Waals surface area (Å²) in [6.07, 6.45) is 1.83. The number of aliphatic imine (C=N–C) groups is 1. The Labute approximate surface area is 182 Å². The molecule has 5 nitrogen and oxygen atoms in total. The average Bonchev–Trinajstić information content (AvgIpc) is 3.46. The number of guanidine groups is 1. The second-order valence-corrected chi connectivity index (χ2v) is 8.85. The molecule has 28 heavy (non-hydrogen) atoms. The van der Waals surface area contributed by atoms with Crippen molar-refractivity contribution in [1.29, 1.82) is 0 Å². The molecule has 0 amide bonds. The minimum absolute atomic E-state index is 0. The van der Waals surface area contributed by atoms with Gasteiger partial charge in [0, 0.05) is 25.6 Å². The molecule has 0 aromatic heterocycles. The van der Waals surface area contributed by atoms with Gasteiger partial charge in [0.05, 0.1) is 10.6 Å². The van der Waals surface area contributed by atoms with Crippen LogP contribution in [0.5, 0.6) is 0 Å². The highest BCUT2D eigenvalue weighted by atomic mass is 127. The fourth-order valence-electron chi connectivity index (χ4n) is 3.11. The Morgan fingerprint density at radius 3 is 2.32 bits per heavy atom. The van der Waals surface area contributed by atoms with Gasteiger partial charge in [-0.2, -0.15) is 0 Å². The SMILES string of the molecule is CN=C(NCCS(=O)(=O)c1ccccc1)NCC1(c2ccccc2F)CC1.I. The van der Waals surface area contributed by atoms with Crippen LogP contribution in [0.3, 0.4) is 0 Å². The van der Waals surface area contributed by atoms with Crippen molar-refractivity contribution in [2.75, 3.05) is 25.9 Å². The van der Waals surface area contributed by atoms with Crippen LogP contribution >= 0.6 is 24.0 Å². The van der Waals surface area contributed by atoms with Gasteiger partial charge in [0.2, 0.25) is 0 Å². The number of hydrogen-bond acceptors (Lipinski definition) is 3. The van der Waals surface area contributed by atoms with Crippen LogP contribution in [0.2, 0.25) is 0 Å². The molecule has 152 valence electrons. The number of hydrogen-bond donors (Lipinski definition) is 2. The summed E-state index contributed by atoms with van der Waals surface area (Å²) in [7, 11) is -1.71. The Morgan fingerprint density at radius 1 is 1.07 bits per heavy atom. The molecular formula is C20H25FIN3O2S. The smallest absolute Gasteiger partial charge is 0.191 e. The first kappa shape index (κ1) is 22.6. The second-order valence-electron chi connectivity index (χ2n) is 6.74. The Morgan fingerprint density at radius 2 is 1.71 bits per heavy atom. The zero-order valence-electron chi connectivity index (χ0n) is 15.7. The van der Waals surface area contributed by atoms with E-state index < -0.39 is 9.84 Å². The van der Waals surface area contributed by atoms with Crippen LogP contribution in [-0.4, -0.2) is 40.3 Å². The van der Waals surface area contributed by atoms with Gasteiger partial charge in [0.15, 0.2) is 15.8 Å². The van der Waals surface area contributed by atoms with E-state index in [-0.39, 0.29) is 47.5 Å². The highest BCUT2D eigenvalue weighted by Gasteiger charge is 2.45. The standard InChI is InChI=1S/C20H24FN3O2S.HI/c1-22-19(23-13-14-27(25,26)16-7-3-2-4-8-16)24-15-20(11-12-20)17-9-5-6-10-18(17)21;/h2-10H,11-15H2,1H3,(H2,22,23,24);1H. The van der Waals surface area contributed by atoms with Crippen molar-refractivity contribution in [3.8, 4) is 0 Å². The van der Waals surface area contributed by atoms with Gasteiger partial charge in [-0.05, 0) is 36.6 Å². The molecule has 2 aromatic carbocycles. The fourth-order valence-corrected chi connectivity index (χ4v) is 4.28. The van der Waals surface area contributed by atoms with E-state index >= 15 is 0 Å². The third kappa shape index (κ3) is 5.44. The minimum atomic E-state index is -3.34. The molecule has 0 bridgehead atoms. The van der Waals surface area contributed by atoms with Crippen molar-refractivity contribution < 1.29 is 12.8 Å². The van der Waals surface area contributed by atoms with Crippen LogP contribution in [0.15, 0.2) is 64.5 Å². The molecule has 2 N–H and O–H groups in total. The zero-order chi connectivity index (χ0) is 19.3. The summed E-state index contributed by atoms with van der Waals surface area (Å²) >= 11 is 0. The summed E-state index contributed by atoms with van der Waals surface area (Å²) in [5.41, 5.74) is 0.513. The minimum Gasteiger partial charge on any atom is -0.356 e. The average molecular weight is 517 g/mol. The van der Waals surface area contributed by atoms with Gasteiger partial charge in [-0.15, -0.1) is 24.0 Å². The van der Waals surface area contributed by atoms with Crippen molar-refractivity contribution in [2.45, 2.75) is 23.2 Å². The van der Waals surface area contributed by atoms with Gasteiger partial charge in [0.25, 0.3) is 0 Å². The second kappa shape index (κ2) is 9.69. The number of nitrogens with one attached hydrogen (secondary N) is 2. The third-order valence-electron chi connectivity index (χ3n) is 4.88. The molecule has 2 aromatic rings. The molecular weight excluding hydrogens is 492 g/mol. The predicted octanol–water partition coefficient (Wildman–Crippen LogP) is 3.11. The normalized spacial score (nSPS) is 15.4. The van der Waals surface area contributed by atoms with E-state index in [1.807, 2.05) is 12.1 Å². The predicted molar refractivity (Wildman–Crippen MR) is 121 cm³/mol. The van der Waals surface area contributed by atoms with Crippen LogP contribution < -0.4 is 10.6 Å². The highest BCUT2D eigenvalue weighted by molar-refractivity contribution is 14.0. The molecule has 0 radical (unpaired) electrons. The molecule has 0 unspecified atom stereocenters. The number of benzene rings is 2. The van der Waals surface area contributed by atoms with Crippen molar-refractivity contribution in [3.63, 3.8) is 0 Å². The Balaban J connectivity index is 0.00000280. The Kier molecular flexibility index (Phi) is 7.82. The maximum absolute atomic E-state index is 14.1. The molecule has 0 heterocycles. The molecule has 1 aliphatic carbocycles. The maximum Gasteiger partial charge on any atom is 0.191 e. The van der Waals surface area contributed by atoms with E-state index in [4.69, 9.17) is 0 Å². The highest BCUT2D eigenvalue weighted by Crippen LogP contribution is 2.48. The first-order valence-electron chi connectivity index (χ1n) is 8.94.